The summed E-state index contributed by atoms with van der Waals surface area (Å²) in [6.45, 7) is 4.08. The van der Waals surface area contributed by atoms with Crippen LogP contribution >= 0.6 is 0 Å². The highest BCUT2D eigenvalue weighted by Gasteiger charge is 2.31. The number of ether oxygens (including phenoxy) is 1. The van der Waals surface area contributed by atoms with Crippen molar-refractivity contribution in [2.75, 3.05) is 7.11 Å². The minimum Gasteiger partial charge on any atom is -0.468 e. The highest BCUT2D eigenvalue weighted by molar-refractivity contribution is 6.00. The molecule has 13 heavy (non-hydrogen) atoms. The van der Waals surface area contributed by atoms with Crippen LogP contribution in [0.3, 0.4) is 0 Å². The number of esters is 1. The fourth-order valence-electron chi connectivity index (χ4n) is 0.761. The maximum atomic E-state index is 10.9. The molecule has 0 N–H and O–H groups in total. The number of Topliss-reactive ketones (excluding diaryl/α,β-unsaturated/α-hetero) is 1. The monoisotopic (exact) mass is 187 g/mol. The lowest BCUT2D eigenvalue weighted by Crippen LogP contribution is -2.26. The molecule has 0 aromatic heterocycles. The summed E-state index contributed by atoms with van der Waals surface area (Å²) in [6.07, 6.45) is -0.328. The maximum Gasteiger partial charge on any atom is 0.580 e. The van der Waals surface area contributed by atoms with Crippen LogP contribution in [0, 0.1) is 5.92 Å². The molecule has 0 spiro atoms. The van der Waals surface area contributed by atoms with Crippen LogP contribution in [0.2, 0.25) is 0 Å². The number of methoxy groups -OCH3 is 1. The zero-order valence-corrected chi connectivity index (χ0v) is 7.53. The van der Waals surface area contributed by atoms with Gasteiger partial charge in [0.05, 0.1) is 7.11 Å². The molecule has 0 bridgehead atoms. The third kappa shape index (κ3) is 3.59. The molecule has 0 aliphatic rings. The first-order valence-corrected chi connectivity index (χ1v) is 3.56. The Morgan fingerprint density at radius 1 is 1.46 bits per heavy atom. The Bertz CT molecular complexity index is 243. The van der Waals surface area contributed by atoms with E-state index in [0.29, 0.717) is 0 Å². The molecule has 0 heterocycles. The molecule has 0 saturated heterocycles. The molecular weight excluding hydrogens is 176 g/mol. The van der Waals surface area contributed by atoms with Gasteiger partial charge in [-0.3, -0.25) is 14.0 Å². The number of carbonyl (C=O) groups excluding carboxylic acids is 4. The maximum absolute atomic E-state index is 10.9. The van der Waals surface area contributed by atoms with Crippen molar-refractivity contribution in [1.82, 2.24) is 0 Å². The van der Waals surface area contributed by atoms with Crippen LogP contribution in [0.4, 0.5) is 0 Å². The zero-order chi connectivity index (χ0) is 10.4. The molecule has 0 aromatic carbocycles. The highest BCUT2D eigenvalue weighted by atomic mass is 16.5. The zero-order valence-electron chi connectivity index (χ0n) is 7.53. The Morgan fingerprint density at radius 2 is 2.00 bits per heavy atom. The van der Waals surface area contributed by atoms with E-state index in [1.807, 2.05) is 0 Å². The average Bonchev–Trinajstić information content (AvgIpc) is 2.11. The predicted molar refractivity (Wildman–Crippen MR) is 42.9 cm³/mol. The molecule has 0 aromatic rings. The molecule has 0 amide bonds. The molecule has 0 radical (unpaired) electrons. The third-order valence-corrected chi connectivity index (χ3v) is 1.51. The van der Waals surface area contributed by atoms with Crippen LogP contribution in [-0.2, 0) is 23.5 Å². The van der Waals surface area contributed by atoms with E-state index in [-0.39, 0.29) is 6.42 Å². The van der Waals surface area contributed by atoms with Crippen molar-refractivity contribution in [3.8, 4) is 0 Å². The molecule has 5 nitrogen and oxygen atoms in total. The Kier molecular flexibility index (Phi) is 4.58. The Morgan fingerprint density at radius 3 is 2.31 bits per heavy atom. The van der Waals surface area contributed by atoms with Crippen LogP contribution in [0.15, 0.2) is 0 Å². The summed E-state index contributed by atoms with van der Waals surface area (Å²) in [5.74, 6) is -2.97. The summed E-state index contributed by atoms with van der Waals surface area (Å²) in [7, 11) is 1.15. The molecule has 0 aliphatic heterocycles. The van der Waals surface area contributed by atoms with E-state index in [1.54, 1.807) is 0 Å². The molecule has 0 aliphatic carbocycles. The van der Waals surface area contributed by atoms with E-state index in [4.69, 9.17) is 0 Å². The van der Waals surface area contributed by atoms with Gasteiger partial charge in [0.15, 0.2) is 6.79 Å². The number of hydrogen-bond donors (Lipinski definition) is 0. The Balaban J connectivity index is 4.44. The predicted octanol–water partition coefficient (Wildman–Crippen LogP) is -0.354. The second-order valence-corrected chi connectivity index (χ2v) is 2.41. The van der Waals surface area contributed by atoms with Gasteiger partial charge in [0.2, 0.25) is 0 Å². The Labute approximate surface area is 75.4 Å². The lowest BCUT2D eigenvalue weighted by atomic mass is 10.0. The van der Waals surface area contributed by atoms with E-state index < -0.39 is 23.6 Å². The van der Waals surface area contributed by atoms with Crippen molar-refractivity contribution in [3.63, 3.8) is 0 Å². The van der Waals surface area contributed by atoms with Gasteiger partial charge in [-0.25, -0.2) is 0 Å². The second-order valence-electron chi connectivity index (χ2n) is 2.41. The van der Waals surface area contributed by atoms with Crippen molar-refractivity contribution in [2.45, 2.75) is 13.3 Å². The van der Waals surface area contributed by atoms with Gasteiger partial charge in [-0.15, -0.1) is 0 Å². The summed E-state index contributed by atoms with van der Waals surface area (Å²) < 4.78 is 8.41. The quantitative estimate of drug-likeness (QED) is 0.342. The van der Waals surface area contributed by atoms with E-state index in [2.05, 4.69) is 16.0 Å². The van der Waals surface area contributed by atoms with Crippen molar-refractivity contribution in [1.29, 1.82) is 0 Å². The van der Waals surface area contributed by atoms with Gasteiger partial charge in [0.25, 0.3) is 0 Å². The first-order valence-electron chi connectivity index (χ1n) is 3.56. The topological polar surface area (TPSA) is 71.7 Å². The van der Waals surface area contributed by atoms with Crippen molar-refractivity contribution in [2.24, 2.45) is 5.92 Å². The fourth-order valence-corrected chi connectivity index (χ4v) is 0.761. The largest absolute Gasteiger partial charge is 0.580 e. The number of carbonyl (C=O) groups is 3. The van der Waals surface area contributed by atoms with Crippen LogP contribution in [0.5, 0.6) is 0 Å². The van der Waals surface area contributed by atoms with Crippen LogP contribution in [-0.4, -0.2) is 31.6 Å². The van der Waals surface area contributed by atoms with Gasteiger partial charge in [0.1, 0.15) is 18.1 Å². The van der Waals surface area contributed by atoms with Crippen LogP contribution in [0.1, 0.15) is 13.3 Å². The molecular formula is C8H11O5+. The number of ketones is 1. The van der Waals surface area contributed by atoms with Gasteiger partial charge in [-0.2, -0.15) is 0 Å². The average molecular weight is 187 g/mol. The summed E-state index contributed by atoms with van der Waals surface area (Å²) in [5, 5.41) is 0. The fraction of sp³-hybridized carbons (Fsp3) is 0.500. The molecule has 0 saturated carbocycles. The van der Waals surface area contributed by atoms with Crippen molar-refractivity contribution < 1.29 is 23.5 Å². The molecule has 0 fully saturated rings. The first-order chi connectivity index (χ1) is 6.02. The van der Waals surface area contributed by atoms with Gasteiger partial charge in [-0.05, 0) is 6.92 Å². The summed E-state index contributed by atoms with van der Waals surface area (Å²) in [6, 6.07) is 0. The summed E-state index contributed by atoms with van der Waals surface area (Å²) >= 11 is 0. The Hall–Kier alpha value is -1.52. The van der Waals surface area contributed by atoms with Gasteiger partial charge in [-0.1, -0.05) is 0 Å². The van der Waals surface area contributed by atoms with E-state index in [0.717, 1.165) is 7.11 Å². The standard InChI is InChI=1S/C8H11O5/c1-5(9)6(8(11)13-3)4-7(10)12-2/h6H,2,4H2,1,3H3/q+1. The summed E-state index contributed by atoms with van der Waals surface area (Å²) in [4.78, 5) is 32.5. The molecule has 5 heteroatoms. The smallest absolute Gasteiger partial charge is 0.468 e. The molecule has 0 rings (SSSR count). The number of rotatable bonds is 4. The summed E-state index contributed by atoms with van der Waals surface area (Å²) in [5.41, 5.74) is 0. The van der Waals surface area contributed by atoms with Gasteiger partial charge < -0.3 is 4.74 Å². The minimum absolute atomic E-state index is 0.328. The van der Waals surface area contributed by atoms with Crippen molar-refractivity contribution in [3.05, 3.63) is 0 Å². The lowest BCUT2D eigenvalue weighted by molar-refractivity contribution is -0.369. The first kappa shape index (κ1) is 11.5. The van der Waals surface area contributed by atoms with E-state index >= 15 is 0 Å². The van der Waals surface area contributed by atoms with Gasteiger partial charge in [0, 0.05) is 4.79 Å². The molecule has 72 valence electrons. The number of hydrogen-bond acceptors (Lipinski definition) is 4. The van der Waals surface area contributed by atoms with Crippen molar-refractivity contribution >= 4 is 24.5 Å². The van der Waals surface area contributed by atoms with E-state index in [1.165, 1.54) is 6.92 Å². The van der Waals surface area contributed by atoms with Gasteiger partial charge >= 0.3 is 11.9 Å². The highest BCUT2D eigenvalue weighted by Crippen LogP contribution is 2.07. The van der Waals surface area contributed by atoms with Crippen LogP contribution < -0.4 is 0 Å². The third-order valence-electron chi connectivity index (χ3n) is 1.51. The van der Waals surface area contributed by atoms with E-state index in [9.17, 15) is 14.4 Å². The SMILES string of the molecule is C=[O+]C(=O)CC(C(C)=O)C(=O)OC. The van der Waals surface area contributed by atoms with Crippen LogP contribution in [0.25, 0.3) is 0 Å². The lowest BCUT2D eigenvalue weighted by Gasteiger charge is -2.05. The molecule has 1 unspecified atom stereocenters. The normalized spacial score (nSPS) is 11.5. The molecule has 1 atom stereocenters. The minimum atomic E-state index is -1.08. The second kappa shape index (κ2) is 5.18.